The predicted molar refractivity (Wildman–Crippen MR) is 38.0 cm³/mol. The van der Waals surface area contributed by atoms with Crippen molar-refractivity contribution in [2.75, 3.05) is 13.2 Å². The summed E-state index contributed by atoms with van der Waals surface area (Å²) in [6.07, 6.45) is 0.204. The summed E-state index contributed by atoms with van der Waals surface area (Å²) in [4.78, 5) is 0. The molecule has 0 amide bonds. The lowest BCUT2D eigenvalue weighted by Crippen LogP contribution is -2.38. The van der Waals surface area contributed by atoms with Crippen LogP contribution in [0.3, 0.4) is 0 Å². The molecule has 2 aliphatic rings. The van der Waals surface area contributed by atoms with Crippen molar-refractivity contribution >= 4 is 0 Å². The molecule has 1 spiro atoms. The van der Waals surface area contributed by atoms with Gasteiger partial charge >= 0.3 is 0 Å². The molecular weight excluding hydrogens is 166 g/mol. The van der Waals surface area contributed by atoms with Gasteiger partial charge in [0.25, 0.3) is 5.92 Å². The molecule has 2 nitrogen and oxygen atoms in total. The first-order valence-corrected chi connectivity index (χ1v) is 4.23. The van der Waals surface area contributed by atoms with Crippen LogP contribution >= 0.6 is 0 Å². The van der Waals surface area contributed by atoms with Crippen LogP contribution in [-0.4, -0.2) is 24.9 Å². The lowest BCUT2D eigenvalue weighted by atomic mass is 10.0. The van der Waals surface area contributed by atoms with E-state index in [4.69, 9.17) is 9.47 Å². The van der Waals surface area contributed by atoms with Gasteiger partial charge in [-0.05, 0) is 0 Å². The van der Waals surface area contributed by atoms with Crippen LogP contribution in [0.15, 0.2) is 0 Å². The Morgan fingerprint density at radius 2 is 1.75 bits per heavy atom. The quantitative estimate of drug-likeness (QED) is 0.563. The van der Waals surface area contributed by atoms with Gasteiger partial charge in [-0.25, -0.2) is 8.78 Å². The van der Waals surface area contributed by atoms with Crippen LogP contribution in [0.25, 0.3) is 0 Å². The van der Waals surface area contributed by atoms with Crippen LogP contribution in [0.2, 0.25) is 0 Å². The summed E-state index contributed by atoms with van der Waals surface area (Å²) in [5.74, 6) is -4.40. The molecule has 0 bridgehead atoms. The van der Waals surface area contributed by atoms with Crippen molar-refractivity contribution in [3.63, 3.8) is 0 Å². The van der Waals surface area contributed by atoms with Gasteiger partial charge in [-0.1, -0.05) is 6.92 Å². The zero-order chi connectivity index (χ0) is 8.82. The Balaban J connectivity index is 2.19. The average molecular weight is 178 g/mol. The summed E-state index contributed by atoms with van der Waals surface area (Å²) in [5.41, 5.74) is 0. The van der Waals surface area contributed by atoms with Crippen LogP contribution in [0.5, 0.6) is 0 Å². The monoisotopic (exact) mass is 178 g/mol. The van der Waals surface area contributed by atoms with Gasteiger partial charge in [-0.2, -0.15) is 0 Å². The molecule has 4 heteroatoms. The SMILES string of the molecule is CC1C(F)(F)CCC12OCCO2. The lowest BCUT2D eigenvalue weighted by Gasteiger charge is -2.28. The Bertz CT molecular complexity index is 187. The van der Waals surface area contributed by atoms with E-state index in [2.05, 4.69) is 0 Å². The van der Waals surface area contributed by atoms with E-state index in [1.807, 2.05) is 0 Å². The van der Waals surface area contributed by atoms with Crippen LogP contribution in [0.4, 0.5) is 8.78 Å². The number of rotatable bonds is 0. The maximum absolute atomic E-state index is 13.1. The van der Waals surface area contributed by atoms with Crippen LogP contribution in [-0.2, 0) is 9.47 Å². The van der Waals surface area contributed by atoms with E-state index >= 15 is 0 Å². The smallest absolute Gasteiger partial charge is 0.256 e. The van der Waals surface area contributed by atoms with Crippen molar-refractivity contribution < 1.29 is 18.3 Å². The summed E-state index contributed by atoms with van der Waals surface area (Å²) in [6, 6.07) is 0. The Hall–Kier alpha value is -0.220. The topological polar surface area (TPSA) is 18.5 Å². The highest BCUT2D eigenvalue weighted by Crippen LogP contribution is 2.50. The number of halogens is 2. The fourth-order valence-corrected chi connectivity index (χ4v) is 1.96. The summed E-state index contributed by atoms with van der Waals surface area (Å²) >= 11 is 0. The molecule has 0 aromatic heterocycles. The van der Waals surface area contributed by atoms with Crippen molar-refractivity contribution in [1.29, 1.82) is 0 Å². The van der Waals surface area contributed by atoms with E-state index in [0.29, 0.717) is 19.6 Å². The molecule has 1 saturated carbocycles. The van der Waals surface area contributed by atoms with Gasteiger partial charge in [0.15, 0.2) is 5.79 Å². The fraction of sp³-hybridized carbons (Fsp3) is 1.00. The normalized spacial score (nSPS) is 37.8. The van der Waals surface area contributed by atoms with E-state index in [9.17, 15) is 8.78 Å². The minimum Gasteiger partial charge on any atom is -0.347 e. The molecule has 2 fully saturated rings. The molecule has 0 N–H and O–H groups in total. The maximum atomic E-state index is 13.1. The van der Waals surface area contributed by atoms with Gasteiger partial charge < -0.3 is 9.47 Å². The minimum absolute atomic E-state index is 0.117. The van der Waals surface area contributed by atoms with E-state index in [0.717, 1.165) is 0 Å². The third-order valence-corrected chi connectivity index (χ3v) is 2.88. The van der Waals surface area contributed by atoms with E-state index in [1.54, 1.807) is 0 Å². The molecule has 1 unspecified atom stereocenters. The van der Waals surface area contributed by atoms with Gasteiger partial charge in [0.05, 0.1) is 19.1 Å². The van der Waals surface area contributed by atoms with Gasteiger partial charge in [-0.15, -0.1) is 0 Å². The predicted octanol–water partition coefficient (Wildman–Crippen LogP) is 1.79. The van der Waals surface area contributed by atoms with Crippen molar-refractivity contribution in [3.05, 3.63) is 0 Å². The van der Waals surface area contributed by atoms with Crippen LogP contribution in [0, 0.1) is 5.92 Å². The standard InChI is InChI=1S/C8H12F2O2/c1-6-7(9,10)2-3-8(6)11-4-5-12-8/h6H,2-5H2,1H3. The summed E-state index contributed by atoms with van der Waals surface area (Å²) < 4.78 is 36.6. The zero-order valence-electron chi connectivity index (χ0n) is 6.98. The first kappa shape index (κ1) is 8.38. The van der Waals surface area contributed by atoms with Crippen LogP contribution in [0.1, 0.15) is 19.8 Å². The average Bonchev–Trinajstić information content (AvgIpc) is 2.55. The fourth-order valence-electron chi connectivity index (χ4n) is 1.96. The minimum atomic E-state index is -2.62. The molecule has 2 rings (SSSR count). The Morgan fingerprint density at radius 3 is 2.17 bits per heavy atom. The Labute approximate surface area is 69.8 Å². The van der Waals surface area contributed by atoms with E-state index in [-0.39, 0.29) is 6.42 Å². The molecule has 1 aliphatic heterocycles. The summed E-state index contributed by atoms with van der Waals surface area (Å²) in [7, 11) is 0. The summed E-state index contributed by atoms with van der Waals surface area (Å²) in [5, 5.41) is 0. The Kier molecular flexibility index (Phi) is 1.67. The molecule has 1 aliphatic carbocycles. The second kappa shape index (κ2) is 2.39. The molecule has 0 aromatic rings. The second-order valence-corrected chi connectivity index (χ2v) is 3.49. The molecular formula is C8H12F2O2. The second-order valence-electron chi connectivity index (χ2n) is 3.49. The first-order valence-electron chi connectivity index (χ1n) is 4.23. The number of ether oxygens (including phenoxy) is 2. The largest absolute Gasteiger partial charge is 0.347 e. The van der Waals surface area contributed by atoms with Crippen molar-refractivity contribution in [2.45, 2.75) is 31.5 Å². The van der Waals surface area contributed by atoms with E-state index in [1.165, 1.54) is 6.92 Å². The number of alkyl halides is 2. The van der Waals surface area contributed by atoms with Gasteiger partial charge in [-0.3, -0.25) is 0 Å². The first-order chi connectivity index (χ1) is 5.57. The number of hydrogen-bond acceptors (Lipinski definition) is 2. The third-order valence-electron chi connectivity index (χ3n) is 2.88. The van der Waals surface area contributed by atoms with Gasteiger partial charge in [0.2, 0.25) is 0 Å². The lowest BCUT2D eigenvalue weighted by molar-refractivity contribution is -0.205. The van der Waals surface area contributed by atoms with Crippen molar-refractivity contribution in [3.8, 4) is 0 Å². The van der Waals surface area contributed by atoms with E-state index < -0.39 is 17.6 Å². The molecule has 1 atom stereocenters. The molecule has 1 heterocycles. The highest BCUT2D eigenvalue weighted by Gasteiger charge is 2.59. The molecule has 12 heavy (non-hydrogen) atoms. The number of hydrogen-bond donors (Lipinski definition) is 0. The molecule has 1 saturated heterocycles. The van der Waals surface area contributed by atoms with Crippen molar-refractivity contribution in [1.82, 2.24) is 0 Å². The molecule has 70 valence electrons. The highest BCUT2D eigenvalue weighted by atomic mass is 19.3. The molecule has 0 radical (unpaired) electrons. The van der Waals surface area contributed by atoms with Crippen molar-refractivity contribution in [2.24, 2.45) is 5.92 Å². The van der Waals surface area contributed by atoms with Gasteiger partial charge in [0, 0.05) is 12.8 Å². The highest BCUT2D eigenvalue weighted by molar-refractivity contribution is 4.96. The zero-order valence-corrected chi connectivity index (χ0v) is 6.98. The Morgan fingerprint density at radius 1 is 1.17 bits per heavy atom. The maximum Gasteiger partial charge on any atom is 0.256 e. The third kappa shape index (κ3) is 0.977. The van der Waals surface area contributed by atoms with Crippen LogP contribution < -0.4 is 0 Å². The van der Waals surface area contributed by atoms with Gasteiger partial charge in [0.1, 0.15) is 0 Å². The molecule has 0 aromatic carbocycles. The summed E-state index contributed by atoms with van der Waals surface area (Å²) in [6.45, 7) is 2.39.